The topological polar surface area (TPSA) is 258 Å². The summed E-state index contributed by atoms with van der Waals surface area (Å²) < 4.78 is 91.0. The summed E-state index contributed by atoms with van der Waals surface area (Å²) in [6, 6.07) is 52.2. The minimum Gasteiger partial charge on any atom is -0.505 e. The Balaban J connectivity index is 0.000000155. The molecule has 10 heterocycles. The molecule has 6 aromatic heterocycles. The van der Waals surface area contributed by atoms with E-state index in [0.29, 0.717) is 104 Å². The van der Waals surface area contributed by atoms with Crippen LogP contribution in [-0.2, 0) is 117 Å². The zero-order valence-corrected chi connectivity index (χ0v) is 93.0. The second-order valence-corrected chi connectivity index (χ2v) is 66.8. The number of urea groups is 2. The van der Waals surface area contributed by atoms with Crippen molar-refractivity contribution in [1.29, 1.82) is 0 Å². The van der Waals surface area contributed by atoms with E-state index in [-0.39, 0.29) is 41.9 Å². The number of aryl methyl sites for hydroxylation is 4. The van der Waals surface area contributed by atoms with Gasteiger partial charge in [0.05, 0.1) is 71.2 Å². The van der Waals surface area contributed by atoms with E-state index in [2.05, 4.69) is 171 Å². The SMILES string of the molecule is CCc1cc(O)c(F)cc1-c1ccc2c(-c3nc4c([nH]3)CN(C(=O)N3CCN(CC)CC3)C4)n[nH]c2c1.CCc1cc(OCc2ccccc2)c(F)cc1-c1ccc2c(-c3nc4c(n3COCC[Si](C)(C)C)CCC4)nn(COCC[Si](C)(C)C)c2c1.CCc1cc(OCc2ccccc2)c(F)cc1-c1ccc2c(-c3nc4c(n3COCC[Si](C)(C)C)CN(C(=O)N3CCN(CC)CC3)C4)nn(COCC[Si](C)(C)C)c2c1. The molecule has 4 aliphatic heterocycles. The Labute approximate surface area is 866 Å². The number of carbonyl (C=O) groups excluding carboxylic acids is 2. The molecule has 0 spiro atoms. The summed E-state index contributed by atoms with van der Waals surface area (Å²) >= 11 is 0. The highest BCUT2D eigenvalue weighted by Crippen LogP contribution is 2.43. The molecule has 4 amide bonds. The van der Waals surface area contributed by atoms with Crippen molar-refractivity contribution in [3.8, 4) is 85.2 Å². The number of ether oxygens (including phenoxy) is 6. The number of hydrogen-bond donors (Lipinski definition) is 3. The van der Waals surface area contributed by atoms with Gasteiger partial charge in [-0.05, 0) is 210 Å². The number of phenols is 1. The third-order valence-electron chi connectivity index (χ3n) is 28.7. The molecule has 0 bridgehead atoms. The largest absolute Gasteiger partial charge is 0.505 e. The van der Waals surface area contributed by atoms with Crippen molar-refractivity contribution < 1.29 is 56.3 Å². The molecular weight excluding hydrogens is 1920 g/mol. The van der Waals surface area contributed by atoms with Gasteiger partial charge in [0.25, 0.3) is 0 Å². The van der Waals surface area contributed by atoms with E-state index in [9.17, 15) is 19.1 Å². The van der Waals surface area contributed by atoms with E-state index in [1.807, 2.05) is 133 Å². The molecule has 147 heavy (non-hydrogen) atoms. The number of aromatic hydroxyl groups is 1. The Kier molecular flexibility index (Phi) is 33.7. The predicted octanol–water partition coefficient (Wildman–Crippen LogP) is 23.6. The van der Waals surface area contributed by atoms with Gasteiger partial charge in [0.1, 0.15) is 57.2 Å². The summed E-state index contributed by atoms with van der Waals surface area (Å²) in [6.45, 7) is 54.0. The van der Waals surface area contributed by atoms with E-state index in [4.69, 9.17) is 53.6 Å². The molecule has 0 atom stereocenters. The number of imidazole rings is 3. The molecule has 1 aliphatic carbocycles. The van der Waals surface area contributed by atoms with Crippen LogP contribution in [0.25, 0.3) is 101 Å². The van der Waals surface area contributed by atoms with E-state index in [1.165, 1.54) is 17.8 Å². The molecule has 3 N–H and O–H groups in total. The Hall–Kier alpha value is -11.8. The molecule has 27 nitrogen and oxygen atoms in total. The van der Waals surface area contributed by atoms with Crippen molar-refractivity contribution in [2.24, 2.45) is 0 Å². The van der Waals surface area contributed by atoms with Crippen LogP contribution in [0.5, 0.6) is 17.2 Å². The number of aromatic amines is 2. The molecule has 0 unspecified atom stereocenters. The quantitative estimate of drug-likeness (QED) is 0.0241. The summed E-state index contributed by atoms with van der Waals surface area (Å²) in [7, 11) is -5.12. The number of hydrogen-bond acceptors (Lipinski definition) is 17. The first-order valence-electron chi connectivity index (χ1n) is 52.6. The van der Waals surface area contributed by atoms with Gasteiger partial charge >= 0.3 is 12.1 Å². The molecule has 0 radical (unpaired) electrons. The maximum Gasteiger partial charge on any atom is 0.320 e. The zero-order chi connectivity index (χ0) is 104. The number of halogens is 3. The Morgan fingerprint density at radius 3 is 1.29 bits per heavy atom. The van der Waals surface area contributed by atoms with E-state index in [0.717, 1.165) is 267 Å². The van der Waals surface area contributed by atoms with Gasteiger partial charge in [-0.2, -0.15) is 15.3 Å². The fourth-order valence-corrected chi connectivity index (χ4v) is 22.7. The standard InChI is InChI=1S/C46H64FN7O4Si2.C40H53FN4O3Si2.C27H30FN7O2/c1-9-35-27-43(58-31-34-14-12-11-13-15-34)39(47)28-38(35)36-16-17-37-41(26-36)54(33-57-23-25-60(6,7)8)49-44(37)45-48-40-29-52(46(55)51-20-18-50(10-2)19-21-51)30-42(40)53(45)32-56-22-24-59(3,4)5;1-8-30-24-38(48-26-29-13-10-9-11-14-29)34(41)25-33(30)31-17-18-32-37(23-31)45(28-47-20-22-50(5,6)7)43-39(32)40-42-35-15-12-16-36(35)44(40)27-46-19-21-49(2,3)4;1-3-16-12-24(36)20(28)13-19(16)17-5-6-18-21(11-17)31-32-25(18)26-29-22-14-35(15-23(22)30-26)27(37)34-9-7-33(4-2)8-10-34/h11-17,26-28H,9-10,18-25,29-33H2,1-8H3;9-11,13-14,17-18,23-25H,8,12,15-16,19-22,26-28H2,1-7H3;5-6,11-13,36H,3-4,7-10,14-15H2,1-2H3,(H,29,30)(H,31,32). The summed E-state index contributed by atoms with van der Waals surface area (Å²) in [6.07, 6.45) is 5.20. The van der Waals surface area contributed by atoms with Crippen LogP contribution >= 0.6 is 0 Å². The van der Waals surface area contributed by atoms with Gasteiger partial charge in [-0.1, -0.05) is 192 Å². The van der Waals surface area contributed by atoms with Gasteiger partial charge in [-0.3, -0.25) is 5.10 Å². The van der Waals surface area contributed by atoms with E-state index < -0.39 is 43.9 Å². The number of nitrogens with one attached hydrogen (secondary N) is 2. The molecule has 0 saturated carbocycles. The molecule has 5 aliphatic rings. The van der Waals surface area contributed by atoms with Crippen molar-refractivity contribution >= 4 is 77.1 Å². The van der Waals surface area contributed by atoms with Gasteiger partial charge in [0.15, 0.2) is 52.2 Å². The van der Waals surface area contributed by atoms with Gasteiger partial charge in [0.2, 0.25) is 0 Å². The Morgan fingerprint density at radius 2 is 0.837 bits per heavy atom. The fourth-order valence-electron chi connectivity index (χ4n) is 19.6. The van der Waals surface area contributed by atoms with Crippen LogP contribution in [-0.4, -0.2) is 230 Å². The normalized spacial score (nSPS) is 14.7. The summed E-state index contributed by atoms with van der Waals surface area (Å²) in [5, 5.41) is 30.5. The minimum absolute atomic E-state index is 0.0629. The number of benzene rings is 8. The number of nitrogens with zero attached hydrogens (tertiary/aromatic N) is 16. The number of H-pyrrole nitrogens is 2. The number of aromatic nitrogens is 12. The van der Waals surface area contributed by atoms with Crippen LogP contribution in [0.3, 0.4) is 0 Å². The van der Waals surface area contributed by atoms with Crippen molar-refractivity contribution in [2.75, 3.05) is 91.9 Å². The molecule has 780 valence electrons. The highest BCUT2D eigenvalue weighted by atomic mass is 28.3. The highest BCUT2D eigenvalue weighted by molar-refractivity contribution is 6.77. The molecule has 19 rings (SSSR count). The van der Waals surface area contributed by atoms with Gasteiger partial charge in [0, 0.05) is 133 Å². The molecule has 8 aromatic carbocycles. The number of amides is 4. The lowest BCUT2D eigenvalue weighted by Crippen LogP contribution is -2.51. The number of phenolic OH excluding ortho intramolecular Hbond substituents is 1. The van der Waals surface area contributed by atoms with Crippen LogP contribution < -0.4 is 9.47 Å². The van der Waals surface area contributed by atoms with Crippen molar-refractivity contribution in [3.63, 3.8) is 0 Å². The molecular formula is C113H147F3N18O9Si4. The number of carbonyl (C=O) groups is 2. The maximum absolute atomic E-state index is 15.8. The molecule has 34 heteroatoms. The van der Waals surface area contributed by atoms with Crippen molar-refractivity contribution in [2.45, 2.75) is 242 Å². The lowest BCUT2D eigenvalue weighted by molar-refractivity contribution is 0.0812. The number of fused-ring (bicyclic) bond motifs is 6. The third-order valence-corrected chi connectivity index (χ3v) is 35.5. The first-order chi connectivity index (χ1) is 70.5. The summed E-state index contributed by atoms with van der Waals surface area (Å²) in [4.78, 5) is 57.8. The second-order valence-electron chi connectivity index (χ2n) is 44.3. The van der Waals surface area contributed by atoms with Crippen LogP contribution in [0.15, 0.2) is 152 Å². The Bertz CT molecular complexity index is 6940. The van der Waals surface area contributed by atoms with Gasteiger partial charge in [-0.15, -0.1) is 0 Å². The predicted molar refractivity (Wildman–Crippen MR) is 588 cm³/mol. The number of piperazine rings is 2. The first-order valence-corrected chi connectivity index (χ1v) is 67.5. The van der Waals surface area contributed by atoms with Gasteiger partial charge < -0.3 is 77.0 Å². The first kappa shape index (κ1) is 106. The molecule has 14 aromatic rings. The van der Waals surface area contributed by atoms with Crippen LogP contribution in [0, 0.1) is 17.5 Å². The average molecular weight is 2070 g/mol. The van der Waals surface area contributed by atoms with Crippen molar-refractivity contribution in [3.05, 3.63) is 231 Å². The molecule has 2 fully saturated rings. The minimum atomic E-state index is -1.33. The third kappa shape index (κ3) is 25.7. The molecule has 2 saturated heterocycles. The monoisotopic (exact) mass is 2070 g/mol. The van der Waals surface area contributed by atoms with E-state index >= 15 is 8.78 Å². The summed E-state index contributed by atoms with van der Waals surface area (Å²) in [5.41, 5.74) is 20.9. The van der Waals surface area contributed by atoms with Crippen LogP contribution in [0.2, 0.25) is 103 Å². The smallest absolute Gasteiger partial charge is 0.320 e. The highest BCUT2D eigenvalue weighted by Gasteiger charge is 2.38. The maximum atomic E-state index is 15.8. The van der Waals surface area contributed by atoms with Gasteiger partial charge in [-0.25, -0.2) is 47.1 Å². The Morgan fingerprint density at radius 1 is 0.415 bits per heavy atom. The average Bonchev–Trinajstić information content (AvgIpc) is 1.59. The number of rotatable bonds is 37. The second kappa shape index (κ2) is 46.5. The fraction of sp³-hybridized carbons (Fsp3) is 0.451. The zero-order valence-electron chi connectivity index (χ0n) is 89.0. The summed E-state index contributed by atoms with van der Waals surface area (Å²) in [5.74, 6) is 0.996. The van der Waals surface area contributed by atoms with E-state index in [1.54, 1.807) is 12.1 Å². The van der Waals surface area contributed by atoms with Crippen molar-refractivity contribution in [1.82, 2.24) is 88.2 Å². The van der Waals surface area contributed by atoms with Crippen LogP contribution in [0.4, 0.5) is 22.8 Å². The number of likely N-dealkylation sites (N-methyl/N-ethyl adjacent to an activating group) is 2. The van der Waals surface area contributed by atoms with Crippen LogP contribution in [0.1, 0.15) is 103 Å². The lowest BCUT2D eigenvalue weighted by Gasteiger charge is -2.36. The lowest BCUT2D eigenvalue weighted by atomic mass is 9.96.